The number of benzene rings is 1. The number of nitrogens with two attached hydrogens (primary N) is 1. The third kappa shape index (κ3) is 4.57. The molecule has 0 radical (unpaired) electrons. The van der Waals surface area contributed by atoms with Crippen LogP contribution in [0.15, 0.2) is 54.9 Å². The molecule has 2 rings (SSSR count). The van der Waals surface area contributed by atoms with Crippen LogP contribution in [0, 0.1) is 0 Å². The second-order valence-electron chi connectivity index (χ2n) is 2.81. The molecule has 0 bridgehead atoms. The number of nitrogen functional groups attached to an aromatic ring is 1. The van der Waals surface area contributed by atoms with Gasteiger partial charge < -0.3 is 5.73 Å². The summed E-state index contributed by atoms with van der Waals surface area (Å²) in [5, 5.41) is 0. The molecule has 0 unspecified atom stereocenters. The van der Waals surface area contributed by atoms with Crippen molar-refractivity contribution in [3.8, 4) is 0 Å². The van der Waals surface area contributed by atoms with Crippen LogP contribution in [-0.4, -0.2) is 11.3 Å². The van der Waals surface area contributed by atoms with E-state index in [0.29, 0.717) is 5.69 Å². The third-order valence-electron chi connectivity index (χ3n) is 1.62. The molecule has 0 saturated carbocycles. The Morgan fingerprint density at radius 2 is 1.80 bits per heavy atom. The Balaban J connectivity index is 0.000000151. The number of carbonyl (C=O) groups is 1. The summed E-state index contributed by atoms with van der Waals surface area (Å²) in [6.07, 6.45) is 4.14. The summed E-state index contributed by atoms with van der Waals surface area (Å²) in [6, 6.07) is 12.7. The van der Waals surface area contributed by atoms with Crippen LogP contribution in [0.2, 0.25) is 0 Å². The Morgan fingerprint density at radius 1 is 1.07 bits per heavy atom. The maximum absolute atomic E-state index is 10.0. The number of aromatic nitrogens is 1. The van der Waals surface area contributed by atoms with Crippen molar-refractivity contribution in [2.75, 3.05) is 5.73 Å². The number of aldehydes is 1. The first-order chi connectivity index (χ1) is 7.33. The Morgan fingerprint density at radius 3 is 2.13 bits per heavy atom. The smallest absolute Gasteiger partial charge is 0.150 e. The Hall–Kier alpha value is -2.16. The van der Waals surface area contributed by atoms with Crippen molar-refractivity contribution < 1.29 is 4.79 Å². The van der Waals surface area contributed by atoms with Crippen molar-refractivity contribution in [1.29, 1.82) is 0 Å². The van der Waals surface area contributed by atoms with Gasteiger partial charge in [-0.1, -0.05) is 30.3 Å². The van der Waals surface area contributed by atoms with Crippen molar-refractivity contribution >= 4 is 12.0 Å². The van der Waals surface area contributed by atoms with E-state index < -0.39 is 0 Å². The molecule has 3 nitrogen and oxygen atoms in total. The van der Waals surface area contributed by atoms with E-state index >= 15 is 0 Å². The summed E-state index contributed by atoms with van der Waals surface area (Å²) in [4.78, 5) is 13.8. The van der Waals surface area contributed by atoms with Gasteiger partial charge in [0.05, 0.1) is 5.69 Å². The predicted octanol–water partition coefficient (Wildman–Crippen LogP) is 2.16. The third-order valence-corrected chi connectivity index (χ3v) is 1.62. The van der Waals surface area contributed by atoms with Crippen molar-refractivity contribution in [2.45, 2.75) is 0 Å². The summed E-state index contributed by atoms with van der Waals surface area (Å²) >= 11 is 0. The zero-order valence-corrected chi connectivity index (χ0v) is 8.21. The van der Waals surface area contributed by atoms with Crippen LogP contribution in [0.5, 0.6) is 0 Å². The second kappa shape index (κ2) is 6.32. The molecule has 0 amide bonds. The fourth-order valence-electron chi connectivity index (χ4n) is 0.908. The summed E-state index contributed by atoms with van der Waals surface area (Å²) < 4.78 is 0. The highest BCUT2D eigenvalue weighted by Gasteiger charge is 1.80. The lowest BCUT2D eigenvalue weighted by molar-refractivity contribution is 0.112. The van der Waals surface area contributed by atoms with Crippen molar-refractivity contribution in [1.82, 2.24) is 4.98 Å². The molecule has 0 aliphatic heterocycles. The normalized spacial score (nSPS) is 8.53. The van der Waals surface area contributed by atoms with E-state index in [2.05, 4.69) is 4.98 Å². The summed E-state index contributed by atoms with van der Waals surface area (Å²) in [5.74, 6) is 0. The molecular formula is C12H12N2O. The number of rotatable bonds is 1. The molecule has 2 aromatic rings. The number of pyridine rings is 1. The lowest BCUT2D eigenvalue weighted by Gasteiger charge is -1.83. The molecule has 15 heavy (non-hydrogen) atoms. The van der Waals surface area contributed by atoms with Crippen LogP contribution in [0.25, 0.3) is 0 Å². The molecule has 1 heterocycles. The number of carbonyl (C=O) groups excluding carboxylic acids is 1. The fraction of sp³-hybridized carbons (Fsp3) is 0. The lowest BCUT2D eigenvalue weighted by Crippen LogP contribution is -1.82. The molecule has 0 saturated heterocycles. The molecule has 0 fully saturated rings. The minimum absolute atomic E-state index is 0.711. The largest absolute Gasteiger partial charge is 0.397 e. The van der Waals surface area contributed by atoms with Crippen LogP contribution in [0.4, 0.5) is 5.69 Å². The highest BCUT2D eigenvalue weighted by molar-refractivity contribution is 5.74. The van der Waals surface area contributed by atoms with Gasteiger partial charge in [-0.2, -0.15) is 0 Å². The summed E-state index contributed by atoms with van der Waals surface area (Å²) in [6.45, 7) is 0. The van der Waals surface area contributed by atoms with Gasteiger partial charge in [-0.3, -0.25) is 9.78 Å². The zero-order valence-electron chi connectivity index (χ0n) is 8.21. The molecule has 2 N–H and O–H groups in total. The van der Waals surface area contributed by atoms with Gasteiger partial charge in [-0.25, -0.2) is 0 Å². The highest BCUT2D eigenvalue weighted by atomic mass is 16.1. The monoisotopic (exact) mass is 200 g/mol. The Labute approximate surface area is 88.6 Å². The van der Waals surface area contributed by atoms with Gasteiger partial charge in [0.2, 0.25) is 0 Å². The first kappa shape index (κ1) is 10.9. The molecule has 3 heteroatoms. The van der Waals surface area contributed by atoms with E-state index in [4.69, 9.17) is 5.73 Å². The highest BCUT2D eigenvalue weighted by Crippen LogP contribution is 1.92. The topological polar surface area (TPSA) is 56.0 Å². The van der Waals surface area contributed by atoms with Gasteiger partial charge in [0.25, 0.3) is 0 Å². The molecule has 76 valence electrons. The fourth-order valence-corrected chi connectivity index (χ4v) is 0.908. The van der Waals surface area contributed by atoms with Crippen molar-refractivity contribution in [3.05, 3.63) is 60.4 Å². The number of hydrogen-bond acceptors (Lipinski definition) is 3. The molecule has 1 aromatic carbocycles. The maximum atomic E-state index is 10.0. The van der Waals surface area contributed by atoms with Crippen LogP contribution < -0.4 is 5.73 Å². The molecular weight excluding hydrogens is 188 g/mol. The first-order valence-electron chi connectivity index (χ1n) is 4.48. The van der Waals surface area contributed by atoms with Crippen molar-refractivity contribution in [3.63, 3.8) is 0 Å². The Bertz CT molecular complexity index is 387. The quantitative estimate of drug-likeness (QED) is 0.718. The van der Waals surface area contributed by atoms with Gasteiger partial charge in [-0.05, 0) is 12.1 Å². The van der Waals surface area contributed by atoms with Crippen LogP contribution >= 0.6 is 0 Å². The molecule has 0 atom stereocenters. The molecule has 1 aromatic heterocycles. The minimum atomic E-state index is 0.711. The molecule has 0 spiro atoms. The zero-order chi connectivity index (χ0) is 10.9. The lowest BCUT2D eigenvalue weighted by atomic mass is 10.2. The van der Waals surface area contributed by atoms with Gasteiger partial charge >= 0.3 is 0 Å². The van der Waals surface area contributed by atoms with E-state index in [9.17, 15) is 4.79 Å². The average molecular weight is 200 g/mol. The van der Waals surface area contributed by atoms with Gasteiger partial charge in [0.1, 0.15) is 6.29 Å². The van der Waals surface area contributed by atoms with Crippen LogP contribution in [-0.2, 0) is 0 Å². The van der Waals surface area contributed by atoms with Gasteiger partial charge in [-0.15, -0.1) is 0 Å². The van der Waals surface area contributed by atoms with E-state index in [1.807, 2.05) is 18.2 Å². The SMILES string of the molecule is Nc1cccnc1.O=Cc1ccccc1. The average Bonchev–Trinajstić information content (AvgIpc) is 2.32. The number of hydrogen-bond donors (Lipinski definition) is 1. The number of nitrogens with zero attached hydrogens (tertiary/aromatic N) is 1. The van der Waals surface area contributed by atoms with Gasteiger partial charge in [0, 0.05) is 18.0 Å². The van der Waals surface area contributed by atoms with Crippen LogP contribution in [0.3, 0.4) is 0 Å². The van der Waals surface area contributed by atoms with Crippen LogP contribution in [0.1, 0.15) is 10.4 Å². The van der Waals surface area contributed by atoms with E-state index in [1.165, 1.54) is 0 Å². The van der Waals surface area contributed by atoms with E-state index in [0.717, 1.165) is 11.8 Å². The molecule has 0 aliphatic carbocycles. The Kier molecular flexibility index (Phi) is 4.60. The second-order valence-corrected chi connectivity index (χ2v) is 2.81. The minimum Gasteiger partial charge on any atom is -0.397 e. The summed E-state index contributed by atoms with van der Waals surface area (Å²) in [7, 11) is 0. The first-order valence-corrected chi connectivity index (χ1v) is 4.48. The number of anilines is 1. The predicted molar refractivity (Wildman–Crippen MR) is 60.5 cm³/mol. The maximum Gasteiger partial charge on any atom is 0.150 e. The van der Waals surface area contributed by atoms with Gasteiger partial charge in [0.15, 0.2) is 0 Å². The summed E-state index contributed by atoms with van der Waals surface area (Å²) in [5.41, 5.74) is 6.74. The van der Waals surface area contributed by atoms with E-state index in [-0.39, 0.29) is 0 Å². The van der Waals surface area contributed by atoms with E-state index in [1.54, 1.807) is 36.7 Å². The van der Waals surface area contributed by atoms with Crippen molar-refractivity contribution in [2.24, 2.45) is 0 Å². The molecule has 0 aliphatic rings. The standard InChI is InChI=1S/C7H6O.C5H6N2/c8-6-7-4-2-1-3-5-7;6-5-2-1-3-7-4-5/h1-6H;1-4H,6H2.